The predicted octanol–water partition coefficient (Wildman–Crippen LogP) is 3.61. The molecule has 3 rings (SSSR count). The molecule has 24 heavy (non-hydrogen) atoms. The van der Waals surface area contributed by atoms with E-state index in [1.54, 1.807) is 11.3 Å². The molecular weight excluding hydrogens is 318 g/mol. The number of amides is 1. The molecule has 2 aromatic carbocycles. The first-order valence-electron chi connectivity index (χ1n) is 8.00. The monoisotopic (exact) mass is 339 g/mol. The zero-order valence-corrected chi connectivity index (χ0v) is 14.7. The Morgan fingerprint density at radius 3 is 2.62 bits per heavy atom. The minimum Gasteiger partial charge on any atom is -0.351 e. The minimum absolute atomic E-state index is 0.0225. The second-order valence-electron chi connectivity index (χ2n) is 5.87. The van der Waals surface area contributed by atoms with E-state index >= 15 is 0 Å². The second-order valence-corrected chi connectivity index (χ2v) is 6.94. The molecule has 0 saturated heterocycles. The molecule has 124 valence electrons. The summed E-state index contributed by atoms with van der Waals surface area (Å²) in [6.07, 6.45) is 0. The highest BCUT2D eigenvalue weighted by molar-refractivity contribution is 7.18. The van der Waals surface area contributed by atoms with Gasteiger partial charge in [0, 0.05) is 6.54 Å². The Morgan fingerprint density at radius 1 is 1.17 bits per heavy atom. The van der Waals surface area contributed by atoms with E-state index in [-0.39, 0.29) is 11.9 Å². The summed E-state index contributed by atoms with van der Waals surface area (Å²) in [6, 6.07) is 18.2. The molecular formula is C19H21N3OS. The van der Waals surface area contributed by atoms with Gasteiger partial charge in [0.05, 0.1) is 22.8 Å². The first-order chi connectivity index (χ1) is 11.6. The van der Waals surface area contributed by atoms with Crippen molar-refractivity contribution in [1.29, 1.82) is 0 Å². The average molecular weight is 339 g/mol. The lowest BCUT2D eigenvalue weighted by Crippen LogP contribution is -2.36. The highest BCUT2D eigenvalue weighted by Crippen LogP contribution is 2.28. The van der Waals surface area contributed by atoms with Gasteiger partial charge in [0.15, 0.2) is 0 Å². The van der Waals surface area contributed by atoms with Gasteiger partial charge >= 0.3 is 0 Å². The van der Waals surface area contributed by atoms with Gasteiger partial charge in [0.2, 0.25) is 5.91 Å². The predicted molar refractivity (Wildman–Crippen MR) is 99.0 cm³/mol. The maximum absolute atomic E-state index is 12.2. The maximum Gasteiger partial charge on any atom is 0.234 e. The van der Waals surface area contributed by atoms with Crippen LogP contribution in [-0.4, -0.2) is 29.4 Å². The van der Waals surface area contributed by atoms with Gasteiger partial charge in [-0.05, 0) is 31.7 Å². The van der Waals surface area contributed by atoms with E-state index in [0.717, 1.165) is 16.1 Å². The maximum atomic E-state index is 12.2. The number of para-hydroxylation sites is 1. The summed E-state index contributed by atoms with van der Waals surface area (Å²) < 4.78 is 1.18. The molecule has 1 aromatic heterocycles. The number of nitrogens with zero attached hydrogens (tertiary/aromatic N) is 2. The number of rotatable bonds is 6. The Balaban J connectivity index is 1.57. The van der Waals surface area contributed by atoms with Gasteiger partial charge in [-0.25, -0.2) is 4.98 Å². The number of carbonyl (C=O) groups is 1. The number of nitrogens with one attached hydrogen (secondary N) is 1. The van der Waals surface area contributed by atoms with E-state index in [2.05, 4.69) is 23.3 Å². The van der Waals surface area contributed by atoms with Crippen LogP contribution in [0, 0.1) is 0 Å². The van der Waals surface area contributed by atoms with Crippen LogP contribution in [0.5, 0.6) is 0 Å². The van der Waals surface area contributed by atoms with Crippen LogP contribution in [0.25, 0.3) is 10.2 Å². The first kappa shape index (κ1) is 16.6. The third-order valence-corrected chi connectivity index (χ3v) is 5.26. The molecule has 0 aliphatic carbocycles. The van der Waals surface area contributed by atoms with Gasteiger partial charge in [0.25, 0.3) is 0 Å². The van der Waals surface area contributed by atoms with Gasteiger partial charge in [-0.2, -0.15) is 0 Å². The molecule has 0 spiro atoms. The number of likely N-dealkylation sites (N-methyl/N-ethyl adjacent to an activating group) is 1. The fourth-order valence-electron chi connectivity index (χ4n) is 2.47. The molecule has 0 unspecified atom stereocenters. The summed E-state index contributed by atoms with van der Waals surface area (Å²) in [7, 11) is 1.96. The van der Waals surface area contributed by atoms with Gasteiger partial charge in [-0.1, -0.05) is 42.5 Å². The van der Waals surface area contributed by atoms with Crippen LogP contribution in [0.15, 0.2) is 54.6 Å². The van der Waals surface area contributed by atoms with E-state index < -0.39 is 0 Å². The lowest BCUT2D eigenvalue weighted by Gasteiger charge is -2.22. The number of thiazole rings is 1. The molecule has 0 aliphatic heterocycles. The molecule has 5 heteroatoms. The lowest BCUT2D eigenvalue weighted by atomic mass is 10.2. The van der Waals surface area contributed by atoms with Crippen molar-refractivity contribution in [3.63, 3.8) is 0 Å². The Morgan fingerprint density at radius 2 is 1.88 bits per heavy atom. The van der Waals surface area contributed by atoms with Crippen molar-refractivity contribution in [2.75, 3.05) is 13.6 Å². The number of hydrogen-bond acceptors (Lipinski definition) is 4. The van der Waals surface area contributed by atoms with Crippen molar-refractivity contribution in [2.45, 2.75) is 19.5 Å². The van der Waals surface area contributed by atoms with Gasteiger partial charge in [-0.3, -0.25) is 9.69 Å². The fourth-order valence-corrected chi connectivity index (χ4v) is 3.56. The SMILES string of the molecule is C[C@@H](c1nc2ccccc2s1)N(C)CC(=O)NCc1ccccc1. The number of hydrogen-bond donors (Lipinski definition) is 1. The molecule has 1 amide bonds. The number of aromatic nitrogens is 1. The average Bonchev–Trinajstić information content (AvgIpc) is 3.04. The van der Waals surface area contributed by atoms with Crippen molar-refractivity contribution < 1.29 is 4.79 Å². The third-order valence-electron chi connectivity index (χ3n) is 4.05. The lowest BCUT2D eigenvalue weighted by molar-refractivity contribution is -0.122. The highest BCUT2D eigenvalue weighted by Gasteiger charge is 2.18. The molecule has 0 bridgehead atoms. The van der Waals surface area contributed by atoms with Crippen molar-refractivity contribution >= 4 is 27.5 Å². The number of carbonyl (C=O) groups excluding carboxylic acids is 1. The molecule has 4 nitrogen and oxygen atoms in total. The minimum atomic E-state index is 0.0225. The molecule has 0 fully saturated rings. The molecule has 1 heterocycles. The van der Waals surface area contributed by atoms with Crippen LogP contribution in [0.4, 0.5) is 0 Å². The Kier molecular flexibility index (Phi) is 5.23. The highest BCUT2D eigenvalue weighted by atomic mass is 32.1. The van der Waals surface area contributed by atoms with Crippen molar-refractivity contribution in [3.05, 3.63) is 65.2 Å². The van der Waals surface area contributed by atoms with Gasteiger partial charge in [-0.15, -0.1) is 11.3 Å². The van der Waals surface area contributed by atoms with Gasteiger partial charge < -0.3 is 5.32 Å². The zero-order valence-electron chi connectivity index (χ0n) is 13.9. The molecule has 1 atom stereocenters. The summed E-state index contributed by atoms with van der Waals surface area (Å²) in [5.74, 6) is 0.0225. The summed E-state index contributed by atoms with van der Waals surface area (Å²) in [5, 5.41) is 4.00. The van der Waals surface area contributed by atoms with E-state index in [1.165, 1.54) is 4.70 Å². The topological polar surface area (TPSA) is 45.2 Å². The smallest absolute Gasteiger partial charge is 0.234 e. The van der Waals surface area contributed by atoms with Gasteiger partial charge in [0.1, 0.15) is 5.01 Å². The van der Waals surface area contributed by atoms with Crippen molar-refractivity contribution in [1.82, 2.24) is 15.2 Å². The van der Waals surface area contributed by atoms with Crippen LogP contribution in [0.3, 0.4) is 0 Å². The van der Waals surface area contributed by atoms with Crippen LogP contribution in [-0.2, 0) is 11.3 Å². The third kappa shape index (κ3) is 3.99. The fraction of sp³-hybridized carbons (Fsp3) is 0.263. The Bertz CT molecular complexity index is 783. The Hall–Kier alpha value is -2.24. The molecule has 0 radical (unpaired) electrons. The van der Waals surface area contributed by atoms with E-state index in [0.29, 0.717) is 13.1 Å². The summed E-state index contributed by atoms with van der Waals surface area (Å²) in [6.45, 7) is 3.00. The molecule has 1 N–H and O–H groups in total. The number of fused-ring (bicyclic) bond motifs is 1. The van der Waals surface area contributed by atoms with Crippen molar-refractivity contribution in [3.8, 4) is 0 Å². The number of benzene rings is 2. The van der Waals surface area contributed by atoms with Crippen LogP contribution < -0.4 is 5.32 Å². The molecule has 0 aliphatic rings. The summed E-state index contributed by atoms with van der Waals surface area (Å²) in [4.78, 5) is 18.9. The van der Waals surface area contributed by atoms with E-state index in [9.17, 15) is 4.79 Å². The van der Waals surface area contributed by atoms with Crippen LogP contribution >= 0.6 is 11.3 Å². The largest absolute Gasteiger partial charge is 0.351 e. The standard InChI is InChI=1S/C19H21N3OS/c1-14(19-21-16-10-6-7-11-17(16)24-19)22(2)13-18(23)20-12-15-8-4-3-5-9-15/h3-11,14H,12-13H2,1-2H3,(H,20,23)/t14-/m0/s1. The first-order valence-corrected chi connectivity index (χ1v) is 8.81. The van der Waals surface area contributed by atoms with E-state index in [1.807, 2.05) is 60.5 Å². The second kappa shape index (κ2) is 7.55. The normalized spacial score (nSPS) is 12.5. The summed E-state index contributed by atoms with van der Waals surface area (Å²) >= 11 is 1.69. The van der Waals surface area contributed by atoms with Crippen molar-refractivity contribution in [2.24, 2.45) is 0 Å². The Labute approximate surface area is 146 Å². The summed E-state index contributed by atoms with van der Waals surface area (Å²) in [5.41, 5.74) is 2.12. The molecule has 0 saturated carbocycles. The molecule has 3 aromatic rings. The van der Waals surface area contributed by atoms with Crippen LogP contribution in [0.2, 0.25) is 0 Å². The van der Waals surface area contributed by atoms with Crippen LogP contribution in [0.1, 0.15) is 23.5 Å². The quantitative estimate of drug-likeness (QED) is 0.746. The van der Waals surface area contributed by atoms with E-state index in [4.69, 9.17) is 0 Å². The zero-order chi connectivity index (χ0) is 16.9.